The first-order valence-electron chi connectivity index (χ1n) is 4.76. The molecule has 88 valence electrons. The van der Waals surface area contributed by atoms with Crippen LogP contribution in [-0.2, 0) is 0 Å². The number of aromatic nitrogens is 1. The van der Waals surface area contributed by atoms with E-state index >= 15 is 0 Å². The van der Waals surface area contributed by atoms with Gasteiger partial charge in [-0.2, -0.15) is 0 Å². The number of rotatable bonds is 2. The van der Waals surface area contributed by atoms with Gasteiger partial charge in [-0.05, 0) is 19.1 Å². The van der Waals surface area contributed by atoms with E-state index < -0.39 is 0 Å². The molecule has 0 fully saturated rings. The monoisotopic (exact) mass is 270 g/mol. The molecular formula is C11H8Cl2N2O2. The molecule has 1 aromatic carbocycles. The third-order valence-corrected chi connectivity index (χ3v) is 2.88. The zero-order valence-electron chi connectivity index (χ0n) is 8.83. The number of benzene rings is 1. The summed E-state index contributed by atoms with van der Waals surface area (Å²) in [6.45, 7) is 1.73. The van der Waals surface area contributed by atoms with Crippen LogP contribution in [0, 0.1) is 6.92 Å². The largest absolute Gasteiger partial charge is 0.360 e. The highest BCUT2D eigenvalue weighted by Crippen LogP contribution is 2.26. The maximum absolute atomic E-state index is 11.9. The highest BCUT2D eigenvalue weighted by molar-refractivity contribution is 6.44. The lowest BCUT2D eigenvalue weighted by Gasteiger charge is -2.04. The van der Waals surface area contributed by atoms with E-state index in [1.807, 2.05) is 0 Å². The van der Waals surface area contributed by atoms with Crippen LogP contribution >= 0.6 is 23.2 Å². The van der Waals surface area contributed by atoms with Crippen molar-refractivity contribution in [1.82, 2.24) is 5.16 Å². The molecule has 0 saturated heterocycles. The van der Waals surface area contributed by atoms with E-state index in [-0.39, 0.29) is 10.9 Å². The standard InChI is InChI=1S/C11H8Cl2N2O2/c1-6-5-9(15-17-6)14-11(16)7-3-2-4-8(12)10(7)13/h2-5H,1H3,(H,14,15,16). The molecular weight excluding hydrogens is 263 g/mol. The second-order valence-electron chi connectivity index (χ2n) is 3.38. The Morgan fingerprint density at radius 2 is 2.18 bits per heavy atom. The lowest BCUT2D eigenvalue weighted by molar-refractivity contribution is 0.102. The van der Waals surface area contributed by atoms with Gasteiger partial charge in [-0.15, -0.1) is 0 Å². The highest BCUT2D eigenvalue weighted by atomic mass is 35.5. The predicted octanol–water partition coefficient (Wildman–Crippen LogP) is 3.54. The van der Waals surface area contributed by atoms with E-state index in [1.54, 1.807) is 31.2 Å². The Morgan fingerprint density at radius 3 is 2.82 bits per heavy atom. The Bertz CT molecular complexity index is 566. The van der Waals surface area contributed by atoms with Crippen molar-refractivity contribution >= 4 is 34.9 Å². The van der Waals surface area contributed by atoms with Gasteiger partial charge in [0.2, 0.25) is 0 Å². The van der Waals surface area contributed by atoms with Crippen molar-refractivity contribution in [2.45, 2.75) is 6.92 Å². The third-order valence-electron chi connectivity index (χ3n) is 2.07. The number of hydrogen-bond acceptors (Lipinski definition) is 3. The van der Waals surface area contributed by atoms with Crippen molar-refractivity contribution in [3.05, 3.63) is 45.6 Å². The van der Waals surface area contributed by atoms with Crippen molar-refractivity contribution in [1.29, 1.82) is 0 Å². The van der Waals surface area contributed by atoms with Gasteiger partial charge in [0.1, 0.15) is 5.76 Å². The fourth-order valence-corrected chi connectivity index (χ4v) is 1.67. The Balaban J connectivity index is 2.23. The minimum Gasteiger partial charge on any atom is -0.360 e. The van der Waals surface area contributed by atoms with Gasteiger partial charge in [-0.3, -0.25) is 4.79 Å². The molecule has 0 saturated carbocycles. The van der Waals surface area contributed by atoms with Gasteiger partial charge in [0.25, 0.3) is 5.91 Å². The molecule has 1 N–H and O–H groups in total. The molecule has 0 spiro atoms. The van der Waals surface area contributed by atoms with Crippen LogP contribution in [0.5, 0.6) is 0 Å². The predicted molar refractivity (Wildman–Crippen MR) is 65.7 cm³/mol. The summed E-state index contributed by atoms with van der Waals surface area (Å²) in [5, 5.41) is 6.75. The van der Waals surface area contributed by atoms with E-state index in [0.29, 0.717) is 22.2 Å². The number of hydrogen-bond donors (Lipinski definition) is 1. The van der Waals surface area contributed by atoms with Crippen molar-refractivity contribution in [3.8, 4) is 0 Å². The Labute approximate surface area is 108 Å². The molecule has 0 aliphatic heterocycles. The van der Waals surface area contributed by atoms with Gasteiger partial charge in [0, 0.05) is 6.07 Å². The van der Waals surface area contributed by atoms with Crippen LogP contribution in [0.25, 0.3) is 0 Å². The van der Waals surface area contributed by atoms with Crippen molar-refractivity contribution in [2.24, 2.45) is 0 Å². The maximum Gasteiger partial charge on any atom is 0.258 e. The normalized spacial score (nSPS) is 10.3. The van der Waals surface area contributed by atoms with Crippen molar-refractivity contribution < 1.29 is 9.32 Å². The summed E-state index contributed by atoms with van der Waals surface area (Å²) in [6.07, 6.45) is 0. The number of carbonyl (C=O) groups excluding carboxylic acids is 1. The molecule has 6 heteroatoms. The minimum atomic E-state index is -0.384. The summed E-state index contributed by atoms with van der Waals surface area (Å²) < 4.78 is 4.83. The third kappa shape index (κ3) is 2.60. The lowest BCUT2D eigenvalue weighted by Crippen LogP contribution is -2.12. The van der Waals surface area contributed by atoms with Crippen LogP contribution in [0.2, 0.25) is 10.0 Å². The van der Waals surface area contributed by atoms with E-state index in [1.165, 1.54) is 0 Å². The fraction of sp³-hybridized carbons (Fsp3) is 0.0909. The van der Waals surface area contributed by atoms with E-state index in [9.17, 15) is 4.79 Å². The summed E-state index contributed by atoms with van der Waals surface area (Å²) in [5.41, 5.74) is 0.291. The molecule has 0 unspecified atom stereocenters. The number of nitrogens with zero attached hydrogens (tertiary/aromatic N) is 1. The molecule has 0 atom stereocenters. The van der Waals surface area contributed by atoms with Crippen molar-refractivity contribution in [2.75, 3.05) is 5.32 Å². The van der Waals surface area contributed by atoms with E-state index in [4.69, 9.17) is 27.7 Å². The zero-order chi connectivity index (χ0) is 12.4. The molecule has 2 rings (SSSR count). The summed E-state index contributed by atoms with van der Waals surface area (Å²) in [7, 11) is 0. The molecule has 1 amide bonds. The van der Waals surface area contributed by atoms with E-state index in [0.717, 1.165) is 0 Å². The number of nitrogens with one attached hydrogen (secondary N) is 1. The molecule has 0 aliphatic rings. The van der Waals surface area contributed by atoms with Gasteiger partial charge in [-0.1, -0.05) is 34.4 Å². The second kappa shape index (κ2) is 4.77. The molecule has 1 heterocycles. The first-order valence-corrected chi connectivity index (χ1v) is 5.52. The number of halogens is 2. The fourth-order valence-electron chi connectivity index (χ4n) is 1.29. The Kier molecular flexibility index (Phi) is 3.36. The highest BCUT2D eigenvalue weighted by Gasteiger charge is 2.14. The number of aryl methyl sites for hydroxylation is 1. The lowest BCUT2D eigenvalue weighted by atomic mass is 10.2. The van der Waals surface area contributed by atoms with Crippen LogP contribution in [0.4, 0.5) is 5.82 Å². The van der Waals surface area contributed by atoms with Crippen LogP contribution in [0.3, 0.4) is 0 Å². The molecule has 0 radical (unpaired) electrons. The average Bonchev–Trinajstić information content (AvgIpc) is 2.68. The molecule has 17 heavy (non-hydrogen) atoms. The maximum atomic E-state index is 11.9. The van der Waals surface area contributed by atoms with Crippen LogP contribution in [0.15, 0.2) is 28.8 Å². The topological polar surface area (TPSA) is 55.1 Å². The molecule has 0 aliphatic carbocycles. The molecule has 4 nitrogen and oxygen atoms in total. The number of anilines is 1. The number of amides is 1. The summed E-state index contributed by atoms with van der Waals surface area (Å²) in [5.74, 6) is 0.562. The van der Waals surface area contributed by atoms with Gasteiger partial charge >= 0.3 is 0 Å². The molecule has 2 aromatic rings. The van der Waals surface area contributed by atoms with E-state index in [2.05, 4.69) is 10.5 Å². The minimum absolute atomic E-state index is 0.215. The SMILES string of the molecule is Cc1cc(NC(=O)c2cccc(Cl)c2Cl)no1. The molecule has 0 bridgehead atoms. The average molecular weight is 271 g/mol. The summed E-state index contributed by atoms with van der Waals surface area (Å²) in [4.78, 5) is 11.9. The quantitative estimate of drug-likeness (QED) is 0.908. The van der Waals surface area contributed by atoms with Crippen LogP contribution < -0.4 is 5.32 Å². The Morgan fingerprint density at radius 1 is 1.41 bits per heavy atom. The van der Waals surface area contributed by atoms with Gasteiger partial charge < -0.3 is 9.84 Å². The molecule has 1 aromatic heterocycles. The summed E-state index contributed by atoms with van der Waals surface area (Å²) in [6, 6.07) is 6.45. The summed E-state index contributed by atoms with van der Waals surface area (Å²) >= 11 is 11.7. The number of carbonyl (C=O) groups is 1. The van der Waals surface area contributed by atoms with Gasteiger partial charge in [-0.25, -0.2) is 0 Å². The smallest absolute Gasteiger partial charge is 0.258 e. The van der Waals surface area contributed by atoms with Crippen molar-refractivity contribution in [3.63, 3.8) is 0 Å². The van der Waals surface area contributed by atoms with Gasteiger partial charge in [0.15, 0.2) is 5.82 Å². The zero-order valence-corrected chi connectivity index (χ0v) is 10.3. The van der Waals surface area contributed by atoms with Crippen LogP contribution in [-0.4, -0.2) is 11.1 Å². The first kappa shape index (κ1) is 12.0. The Hall–Kier alpha value is -1.52. The first-order chi connectivity index (χ1) is 8.08. The van der Waals surface area contributed by atoms with Gasteiger partial charge in [0.05, 0.1) is 15.6 Å². The second-order valence-corrected chi connectivity index (χ2v) is 4.16. The van der Waals surface area contributed by atoms with Crippen LogP contribution in [0.1, 0.15) is 16.1 Å².